The third-order valence-corrected chi connectivity index (χ3v) is 3.94. The van der Waals surface area contributed by atoms with Crippen LogP contribution in [0.4, 0.5) is 13.2 Å². The van der Waals surface area contributed by atoms with Gasteiger partial charge in [-0.1, -0.05) is 42.5 Å². The zero-order valence-corrected chi connectivity index (χ0v) is 12.8. The van der Waals surface area contributed by atoms with Gasteiger partial charge in [-0.05, 0) is 16.3 Å². The maximum Gasteiger partial charge on any atom is 0.408 e. The van der Waals surface area contributed by atoms with Gasteiger partial charge in [0.15, 0.2) is 0 Å². The summed E-state index contributed by atoms with van der Waals surface area (Å²) < 4.78 is 41.0. The molecule has 0 unspecified atom stereocenters. The Labute approximate surface area is 133 Å². The largest absolute Gasteiger partial charge is 0.408 e. The molecule has 1 fully saturated rings. The van der Waals surface area contributed by atoms with Crippen LogP contribution in [-0.4, -0.2) is 37.3 Å². The first-order valence-electron chi connectivity index (χ1n) is 7.06. The first-order chi connectivity index (χ1) is 10.1. The summed E-state index contributed by atoms with van der Waals surface area (Å²) in [5.74, 6) is 0. The van der Waals surface area contributed by atoms with E-state index in [1.165, 1.54) is 4.90 Å². The van der Waals surface area contributed by atoms with Crippen LogP contribution in [0.3, 0.4) is 0 Å². The molecule has 0 spiro atoms. The predicted molar refractivity (Wildman–Crippen MR) is 84.4 cm³/mol. The van der Waals surface area contributed by atoms with Gasteiger partial charge in [-0.25, -0.2) is 0 Å². The summed E-state index contributed by atoms with van der Waals surface area (Å²) in [6.45, 7) is 2.01. The lowest BCUT2D eigenvalue weighted by Crippen LogP contribution is -2.49. The zero-order chi connectivity index (χ0) is 14.9. The monoisotopic (exact) mass is 330 g/mol. The van der Waals surface area contributed by atoms with Crippen molar-refractivity contribution in [1.29, 1.82) is 0 Å². The molecule has 2 nitrogen and oxygen atoms in total. The highest BCUT2D eigenvalue weighted by Gasteiger charge is 2.45. The minimum absolute atomic E-state index is 0. The van der Waals surface area contributed by atoms with Crippen molar-refractivity contribution < 1.29 is 13.2 Å². The van der Waals surface area contributed by atoms with E-state index in [0.29, 0.717) is 37.1 Å². The third-order valence-electron chi connectivity index (χ3n) is 3.94. The van der Waals surface area contributed by atoms with E-state index in [9.17, 15) is 13.2 Å². The minimum Gasteiger partial charge on any atom is -0.314 e. The van der Waals surface area contributed by atoms with E-state index < -0.39 is 12.2 Å². The number of alkyl halides is 3. The fourth-order valence-corrected chi connectivity index (χ4v) is 3.01. The summed E-state index contributed by atoms with van der Waals surface area (Å²) in [5, 5.41) is 4.63. The smallest absolute Gasteiger partial charge is 0.314 e. The molecule has 1 atom stereocenters. The van der Waals surface area contributed by atoms with Crippen molar-refractivity contribution in [1.82, 2.24) is 10.2 Å². The topological polar surface area (TPSA) is 15.3 Å². The number of hydrogen-bond donors (Lipinski definition) is 1. The summed E-state index contributed by atoms with van der Waals surface area (Å²) in [5.41, 5.74) is 0.350. The van der Waals surface area contributed by atoms with Crippen LogP contribution in [-0.2, 0) is 0 Å². The molecule has 1 saturated heterocycles. The summed E-state index contributed by atoms with van der Waals surface area (Å²) in [6, 6.07) is 10.9. The van der Waals surface area contributed by atoms with E-state index in [4.69, 9.17) is 0 Å². The third kappa shape index (κ3) is 3.37. The number of halogens is 4. The van der Waals surface area contributed by atoms with Crippen LogP contribution in [0.2, 0.25) is 0 Å². The predicted octanol–water partition coefficient (Wildman–Crippen LogP) is 3.77. The fourth-order valence-electron chi connectivity index (χ4n) is 3.01. The first kappa shape index (κ1) is 17.1. The molecule has 1 aliphatic heterocycles. The molecule has 0 bridgehead atoms. The molecule has 120 valence electrons. The van der Waals surface area contributed by atoms with E-state index >= 15 is 0 Å². The van der Waals surface area contributed by atoms with Gasteiger partial charge >= 0.3 is 6.18 Å². The lowest BCUT2D eigenvalue weighted by atomic mass is 9.97. The van der Waals surface area contributed by atoms with Gasteiger partial charge in [-0.15, -0.1) is 12.4 Å². The number of rotatable bonds is 2. The second-order valence-electron chi connectivity index (χ2n) is 5.30. The molecule has 1 aliphatic rings. The van der Waals surface area contributed by atoms with Crippen molar-refractivity contribution in [2.75, 3.05) is 26.2 Å². The van der Waals surface area contributed by atoms with E-state index in [1.807, 2.05) is 18.2 Å². The Morgan fingerprint density at radius 1 is 0.955 bits per heavy atom. The number of piperazine rings is 1. The highest BCUT2D eigenvalue weighted by Crippen LogP contribution is 2.40. The van der Waals surface area contributed by atoms with Crippen LogP contribution >= 0.6 is 12.4 Å². The summed E-state index contributed by atoms with van der Waals surface area (Å²) in [6.07, 6.45) is -4.28. The molecule has 22 heavy (non-hydrogen) atoms. The molecule has 2 aromatic carbocycles. The van der Waals surface area contributed by atoms with Crippen molar-refractivity contribution in [3.63, 3.8) is 0 Å². The van der Waals surface area contributed by atoms with Crippen molar-refractivity contribution in [3.05, 3.63) is 48.0 Å². The molecule has 0 radical (unpaired) electrons. The molecular weight excluding hydrogens is 313 g/mol. The Morgan fingerprint density at radius 2 is 1.59 bits per heavy atom. The second-order valence-corrected chi connectivity index (χ2v) is 5.30. The summed E-state index contributed by atoms with van der Waals surface area (Å²) in [4.78, 5) is 1.53. The molecule has 1 heterocycles. The normalized spacial score (nSPS) is 18.0. The van der Waals surface area contributed by atoms with E-state index in [-0.39, 0.29) is 12.4 Å². The average Bonchev–Trinajstić information content (AvgIpc) is 2.47. The standard InChI is InChI=1S/C16H17F3N2.ClH/c17-16(18,19)15(21-10-8-20-9-11-21)14-7-3-5-12-4-1-2-6-13(12)14;/h1-7,15,20H,8-11H2;1H/t15-;/m0./s1. The van der Waals surface area contributed by atoms with Crippen LogP contribution in [0.1, 0.15) is 11.6 Å². The van der Waals surface area contributed by atoms with Crippen LogP contribution in [0.5, 0.6) is 0 Å². The lowest BCUT2D eigenvalue weighted by Gasteiger charge is -2.36. The maximum absolute atomic E-state index is 13.7. The molecule has 0 amide bonds. The minimum atomic E-state index is -4.28. The van der Waals surface area contributed by atoms with E-state index in [1.54, 1.807) is 24.3 Å². The molecule has 3 rings (SSSR count). The molecule has 0 aromatic heterocycles. The average molecular weight is 331 g/mol. The SMILES string of the molecule is Cl.FC(F)(F)[C@H](c1cccc2ccccc12)N1CCNCC1. The van der Waals surface area contributed by atoms with Crippen LogP contribution < -0.4 is 5.32 Å². The van der Waals surface area contributed by atoms with Crippen molar-refractivity contribution in [3.8, 4) is 0 Å². The molecular formula is C16H18ClF3N2. The van der Waals surface area contributed by atoms with Gasteiger partial charge in [0.25, 0.3) is 0 Å². The highest BCUT2D eigenvalue weighted by molar-refractivity contribution is 5.86. The Bertz CT molecular complexity index is 619. The lowest BCUT2D eigenvalue weighted by molar-refractivity contribution is -0.187. The Balaban J connectivity index is 0.00000176. The molecule has 0 saturated carbocycles. The van der Waals surface area contributed by atoms with Crippen LogP contribution in [0.25, 0.3) is 10.8 Å². The van der Waals surface area contributed by atoms with Crippen molar-refractivity contribution >= 4 is 23.2 Å². The molecule has 1 N–H and O–H groups in total. The number of fused-ring (bicyclic) bond motifs is 1. The Hall–Kier alpha value is -1.30. The van der Waals surface area contributed by atoms with E-state index in [2.05, 4.69) is 5.32 Å². The Kier molecular flexibility index (Phi) is 5.32. The second kappa shape index (κ2) is 6.86. The van der Waals surface area contributed by atoms with Gasteiger partial charge in [-0.2, -0.15) is 13.2 Å². The quantitative estimate of drug-likeness (QED) is 0.901. The van der Waals surface area contributed by atoms with E-state index in [0.717, 1.165) is 5.39 Å². The van der Waals surface area contributed by atoms with Crippen molar-refractivity contribution in [2.24, 2.45) is 0 Å². The number of nitrogens with one attached hydrogen (secondary N) is 1. The number of nitrogens with zero attached hydrogens (tertiary/aromatic N) is 1. The Morgan fingerprint density at radius 3 is 2.27 bits per heavy atom. The fraction of sp³-hybridized carbons (Fsp3) is 0.375. The van der Waals surface area contributed by atoms with Gasteiger partial charge in [0.05, 0.1) is 0 Å². The van der Waals surface area contributed by atoms with Crippen LogP contribution in [0, 0.1) is 0 Å². The van der Waals surface area contributed by atoms with Gasteiger partial charge in [-0.3, -0.25) is 4.90 Å². The van der Waals surface area contributed by atoms with Gasteiger partial charge in [0, 0.05) is 26.2 Å². The van der Waals surface area contributed by atoms with Gasteiger partial charge < -0.3 is 5.32 Å². The summed E-state index contributed by atoms with van der Waals surface area (Å²) >= 11 is 0. The van der Waals surface area contributed by atoms with Crippen LogP contribution in [0.15, 0.2) is 42.5 Å². The van der Waals surface area contributed by atoms with Gasteiger partial charge in [0.2, 0.25) is 0 Å². The van der Waals surface area contributed by atoms with Crippen molar-refractivity contribution in [2.45, 2.75) is 12.2 Å². The highest BCUT2D eigenvalue weighted by atomic mass is 35.5. The van der Waals surface area contributed by atoms with Gasteiger partial charge in [0.1, 0.15) is 6.04 Å². The molecule has 6 heteroatoms. The number of hydrogen-bond acceptors (Lipinski definition) is 2. The zero-order valence-electron chi connectivity index (χ0n) is 11.9. The molecule has 2 aromatic rings. The summed E-state index contributed by atoms with van der Waals surface area (Å²) in [7, 11) is 0. The molecule has 0 aliphatic carbocycles. The first-order valence-corrected chi connectivity index (χ1v) is 7.06. The maximum atomic E-state index is 13.7. The number of benzene rings is 2.